The first-order chi connectivity index (χ1) is 8.60. The number of halogens is 2. The molecule has 3 nitrogen and oxygen atoms in total. The summed E-state index contributed by atoms with van der Waals surface area (Å²) in [5.41, 5.74) is 0.819. The fourth-order valence-corrected chi connectivity index (χ4v) is 2.51. The summed E-state index contributed by atoms with van der Waals surface area (Å²) in [6.07, 6.45) is -0.185. The van der Waals surface area contributed by atoms with Crippen molar-refractivity contribution in [3.8, 4) is 5.75 Å². The molecule has 1 heterocycles. The SMILES string of the molecule is COc1ccc(Br)cc1CC(=O)N1CCC(F)C1. The van der Waals surface area contributed by atoms with Crippen molar-refractivity contribution in [2.75, 3.05) is 20.2 Å². The first kappa shape index (κ1) is 13.3. The molecule has 18 heavy (non-hydrogen) atoms. The molecule has 0 saturated carbocycles. The van der Waals surface area contributed by atoms with Crippen molar-refractivity contribution in [3.63, 3.8) is 0 Å². The summed E-state index contributed by atoms with van der Waals surface area (Å²) in [4.78, 5) is 13.6. The lowest BCUT2D eigenvalue weighted by molar-refractivity contribution is -0.129. The summed E-state index contributed by atoms with van der Waals surface area (Å²) < 4.78 is 19.2. The standard InChI is InChI=1S/C13H15BrFNO2/c1-18-12-3-2-10(14)6-9(12)7-13(17)16-5-4-11(15)8-16/h2-3,6,11H,4-5,7-8H2,1H3. The van der Waals surface area contributed by atoms with Crippen LogP contribution in [0.5, 0.6) is 5.75 Å². The zero-order valence-electron chi connectivity index (χ0n) is 10.2. The Balaban J connectivity index is 2.09. The van der Waals surface area contributed by atoms with Gasteiger partial charge in [-0.2, -0.15) is 0 Å². The second-order valence-corrected chi connectivity index (χ2v) is 5.27. The molecule has 0 aromatic heterocycles. The maximum absolute atomic E-state index is 13.1. The number of ether oxygens (including phenoxy) is 1. The second-order valence-electron chi connectivity index (χ2n) is 4.36. The van der Waals surface area contributed by atoms with Gasteiger partial charge in [0.2, 0.25) is 5.91 Å². The van der Waals surface area contributed by atoms with Crippen molar-refractivity contribution in [1.82, 2.24) is 4.90 Å². The van der Waals surface area contributed by atoms with Gasteiger partial charge in [0.15, 0.2) is 0 Å². The van der Waals surface area contributed by atoms with Gasteiger partial charge in [-0.05, 0) is 24.6 Å². The molecule has 2 rings (SSSR count). The van der Waals surface area contributed by atoms with Crippen LogP contribution in [0.3, 0.4) is 0 Å². The highest BCUT2D eigenvalue weighted by Gasteiger charge is 2.26. The summed E-state index contributed by atoms with van der Waals surface area (Å²) >= 11 is 3.37. The van der Waals surface area contributed by atoms with Crippen LogP contribution in [-0.4, -0.2) is 37.2 Å². The van der Waals surface area contributed by atoms with Crippen molar-refractivity contribution < 1.29 is 13.9 Å². The summed E-state index contributed by atoms with van der Waals surface area (Å²) in [6.45, 7) is 0.728. The van der Waals surface area contributed by atoms with E-state index in [4.69, 9.17) is 4.74 Å². The van der Waals surface area contributed by atoms with E-state index >= 15 is 0 Å². The van der Waals surface area contributed by atoms with E-state index in [-0.39, 0.29) is 18.9 Å². The molecule has 1 aliphatic rings. The highest BCUT2D eigenvalue weighted by molar-refractivity contribution is 9.10. The average molecular weight is 316 g/mol. The molecule has 1 unspecified atom stereocenters. The number of nitrogens with zero attached hydrogens (tertiary/aromatic N) is 1. The number of carbonyl (C=O) groups is 1. The predicted octanol–water partition coefficient (Wildman–Crippen LogP) is 2.57. The molecule has 0 bridgehead atoms. The fraction of sp³-hybridized carbons (Fsp3) is 0.462. The van der Waals surface area contributed by atoms with Crippen LogP contribution in [0.1, 0.15) is 12.0 Å². The topological polar surface area (TPSA) is 29.5 Å². The first-order valence-electron chi connectivity index (χ1n) is 5.84. The molecule has 1 fully saturated rings. The van der Waals surface area contributed by atoms with Crippen LogP contribution in [0.25, 0.3) is 0 Å². The zero-order valence-corrected chi connectivity index (χ0v) is 11.7. The number of rotatable bonds is 3. The van der Waals surface area contributed by atoms with Gasteiger partial charge in [0.1, 0.15) is 11.9 Å². The largest absolute Gasteiger partial charge is 0.496 e. The molecule has 1 amide bonds. The van der Waals surface area contributed by atoms with Crippen molar-refractivity contribution in [1.29, 1.82) is 0 Å². The maximum atomic E-state index is 13.1. The molecule has 5 heteroatoms. The normalized spacial score (nSPS) is 19.1. The molecule has 98 valence electrons. The van der Waals surface area contributed by atoms with Gasteiger partial charge in [-0.15, -0.1) is 0 Å². The lowest BCUT2D eigenvalue weighted by Gasteiger charge is -2.16. The zero-order chi connectivity index (χ0) is 13.1. The third-order valence-corrected chi connectivity index (χ3v) is 3.56. The maximum Gasteiger partial charge on any atom is 0.227 e. The van der Waals surface area contributed by atoms with E-state index in [1.807, 2.05) is 18.2 Å². The minimum atomic E-state index is -0.877. The Morgan fingerprint density at radius 3 is 3.00 bits per heavy atom. The van der Waals surface area contributed by atoms with Gasteiger partial charge in [-0.3, -0.25) is 4.79 Å². The monoisotopic (exact) mass is 315 g/mol. The summed E-state index contributed by atoms with van der Waals surface area (Å²) in [6, 6.07) is 5.54. The molecule has 1 saturated heterocycles. The minimum Gasteiger partial charge on any atom is -0.496 e. The number of hydrogen-bond donors (Lipinski definition) is 0. The Hall–Kier alpha value is -1.10. The summed E-state index contributed by atoms with van der Waals surface area (Å²) in [5, 5.41) is 0. The summed E-state index contributed by atoms with van der Waals surface area (Å²) in [7, 11) is 1.57. The molecular weight excluding hydrogens is 301 g/mol. The van der Waals surface area contributed by atoms with Gasteiger partial charge < -0.3 is 9.64 Å². The van der Waals surface area contributed by atoms with E-state index < -0.39 is 6.17 Å². The molecule has 1 atom stereocenters. The molecule has 0 spiro atoms. The van der Waals surface area contributed by atoms with Gasteiger partial charge in [0.05, 0.1) is 20.1 Å². The Labute approximate surface area is 114 Å². The van der Waals surface area contributed by atoms with Crippen LogP contribution >= 0.6 is 15.9 Å². The third kappa shape index (κ3) is 3.02. The first-order valence-corrected chi connectivity index (χ1v) is 6.63. The van der Waals surface area contributed by atoms with E-state index in [0.29, 0.717) is 18.7 Å². The van der Waals surface area contributed by atoms with Crippen LogP contribution in [0.4, 0.5) is 4.39 Å². The molecule has 0 N–H and O–H groups in total. The third-order valence-electron chi connectivity index (χ3n) is 3.07. The van der Waals surface area contributed by atoms with Crippen molar-refractivity contribution in [3.05, 3.63) is 28.2 Å². The van der Waals surface area contributed by atoms with E-state index in [1.54, 1.807) is 12.0 Å². The molecule has 1 aromatic rings. The van der Waals surface area contributed by atoms with Crippen LogP contribution in [0, 0.1) is 0 Å². The predicted molar refractivity (Wildman–Crippen MR) is 70.5 cm³/mol. The van der Waals surface area contributed by atoms with Gasteiger partial charge in [0.25, 0.3) is 0 Å². The van der Waals surface area contributed by atoms with Crippen LogP contribution in [0.2, 0.25) is 0 Å². The van der Waals surface area contributed by atoms with Crippen LogP contribution in [-0.2, 0) is 11.2 Å². The molecule has 1 aliphatic heterocycles. The fourth-order valence-electron chi connectivity index (χ4n) is 2.10. The lowest BCUT2D eigenvalue weighted by Crippen LogP contribution is -2.30. The smallest absolute Gasteiger partial charge is 0.227 e. The van der Waals surface area contributed by atoms with Crippen molar-refractivity contribution in [2.45, 2.75) is 19.0 Å². The highest BCUT2D eigenvalue weighted by atomic mass is 79.9. The molecule has 1 aromatic carbocycles. The van der Waals surface area contributed by atoms with Crippen LogP contribution < -0.4 is 4.74 Å². The Bertz CT molecular complexity index is 453. The van der Waals surface area contributed by atoms with Crippen molar-refractivity contribution >= 4 is 21.8 Å². The average Bonchev–Trinajstić information content (AvgIpc) is 2.76. The van der Waals surface area contributed by atoms with Gasteiger partial charge in [-0.1, -0.05) is 15.9 Å². The van der Waals surface area contributed by atoms with Gasteiger partial charge in [0, 0.05) is 16.6 Å². The number of methoxy groups -OCH3 is 1. The molecule has 0 aliphatic carbocycles. The van der Waals surface area contributed by atoms with E-state index in [0.717, 1.165) is 10.0 Å². The number of hydrogen-bond acceptors (Lipinski definition) is 2. The molecule has 0 radical (unpaired) electrons. The number of alkyl halides is 1. The minimum absolute atomic E-state index is 0.0495. The Morgan fingerprint density at radius 2 is 2.39 bits per heavy atom. The van der Waals surface area contributed by atoms with Crippen LogP contribution in [0.15, 0.2) is 22.7 Å². The quantitative estimate of drug-likeness (QED) is 0.858. The number of amides is 1. The van der Waals surface area contributed by atoms with E-state index in [2.05, 4.69) is 15.9 Å². The van der Waals surface area contributed by atoms with Gasteiger partial charge >= 0.3 is 0 Å². The van der Waals surface area contributed by atoms with E-state index in [9.17, 15) is 9.18 Å². The Morgan fingerprint density at radius 1 is 1.61 bits per heavy atom. The van der Waals surface area contributed by atoms with E-state index in [1.165, 1.54) is 0 Å². The Kier molecular flexibility index (Phi) is 4.22. The number of likely N-dealkylation sites (tertiary alicyclic amines) is 1. The number of carbonyl (C=O) groups excluding carboxylic acids is 1. The second kappa shape index (κ2) is 5.69. The van der Waals surface area contributed by atoms with Crippen molar-refractivity contribution in [2.24, 2.45) is 0 Å². The van der Waals surface area contributed by atoms with Gasteiger partial charge in [-0.25, -0.2) is 4.39 Å². The lowest BCUT2D eigenvalue weighted by atomic mass is 10.1. The number of benzene rings is 1. The summed E-state index contributed by atoms with van der Waals surface area (Å²) in [5.74, 6) is 0.633. The molecular formula is C13H15BrFNO2. The highest BCUT2D eigenvalue weighted by Crippen LogP contribution is 2.24.